The van der Waals surface area contributed by atoms with Gasteiger partial charge in [-0.3, -0.25) is 4.79 Å². The van der Waals surface area contributed by atoms with E-state index in [1.54, 1.807) is 24.3 Å². The maximum Gasteiger partial charge on any atom is 0.251 e. The number of amides is 1. The number of benzene rings is 2. The minimum Gasteiger partial charge on any atom is -0.345 e. The highest BCUT2D eigenvalue weighted by molar-refractivity contribution is 5.94. The van der Waals surface area contributed by atoms with Crippen LogP contribution in [0.5, 0.6) is 0 Å². The number of hydrogen-bond donors (Lipinski definition) is 2. The van der Waals surface area contributed by atoms with Crippen molar-refractivity contribution in [1.29, 1.82) is 5.26 Å². The van der Waals surface area contributed by atoms with Crippen LogP contribution in [0.15, 0.2) is 54.6 Å². The highest BCUT2D eigenvalue weighted by Gasteiger charge is 2.43. The van der Waals surface area contributed by atoms with E-state index in [0.29, 0.717) is 23.1 Å². The summed E-state index contributed by atoms with van der Waals surface area (Å²) in [6.45, 7) is 0.822. The smallest absolute Gasteiger partial charge is 0.251 e. The Morgan fingerprint density at radius 3 is 2.46 bits per heavy atom. The first-order valence-corrected chi connectivity index (χ1v) is 9.30. The van der Waals surface area contributed by atoms with Crippen molar-refractivity contribution < 1.29 is 4.79 Å². The second-order valence-corrected chi connectivity index (χ2v) is 7.52. The average molecular weight is 345 g/mol. The van der Waals surface area contributed by atoms with E-state index in [2.05, 4.69) is 47.0 Å². The fourth-order valence-electron chi connectivity index (χ4n) is 3.77. The van der Waals surface area contributed by atoms with Crippen molar-refractivity contribution in [2.24, 2.45) is 0 Å². The summed E-state index contributed by atoms with van der Waals surface area (Å²) in [7, 11) is 0. The molecule has 2 saturated carbocycles. The van der Waals surface area contributed by atoms with Crippen LogP contribution >= 0.6 is 0 Å². The fourth-order valence-corrected chi connectivity index (χ4v) is 3.77. The number of hydrogen-bond acceptors (Lipinski definition) is 3. The highest BCUT2D eigenvalue weighted by atomic mass is 16.1. The SMILES string of the molecule is N#Cc1ccc(C(=O)NC2(CN[C@H]3C[C@@H]3c3ccccc3)CCC2)cc1. The summed E-state index contributed by atoms with van der Waals surface area (Å²) >= 11 is 0. The first-order valence-electron chi connectivity index (χ1n) is 9.30. The Balaban J connectivity index is 1.33. The fraction of sp³-hybridized carbons (Fsp3) is 0.364. The standard InChI is InChI=1S/C22H23N3O/c23-14-16-7-9-18(10-8-16)21(26)25-22(11-4-12-22)15-24-20-13-19(20)17-5-2-1-3-6-17/h1-3,5-10,19-20,24H,4,11-13,15H2,(H,25,26)/t19-,20+/m1/s1. The molecule has 0 aromatic heterocycles. The van der Waals surface area contributed by atoms with Gasteiger partial charge in [0.15, 0.2) is 0 Å². The van der Waals surface area contributed by atoms with E-state index in [1.807, 2.05) is 0 Å². The largest absolute Gasteiger partial charge is 0.345 e. The Kier molecular flexibility index (Phi) is 4.48. The van der Waals surface area contributed by atoms with Crippen LogP contribution in [0, 0.1) is 11.3 Å². The molecule has 2 aliphatic carbocycles. The van der Waals surface area contributed by atoms with Crippen LogP contribution in [-0.2, 0) is 0 Å². The van der Waals surface area contributed by atoms with Gasteiger partial charge in [0.2, 0.25) is 0 Å². The summed E-state index contributed by atoms with van der Waals surface area (Å²) in [5.74, 6) is 0.550. The summed E-state index contributed by atoms with van der Waals surface area (Å²) in [5, 5.41) is 15.8. The third-order valence-electron chi connectivity index (χ3n) is 5.69. The van der Waals surface area contributed by atoms with Crippen molar-refractivity contribution in [3.63, 3.8) is 0 Å². The van der Waals surface area contributed by atoms with Crippen LogP contribution in [0.3, 0.4) is 0 Å². The van der Waals surface area contributed by atoms with E-state index in [4.69, 9.17) is 5.26 Å². The predicted octanol–water partition coefficient (Wildman–Crippen LogP) is 3.36. The molecule has 2 aromatic carbocycles. The van der Waals surface area contributed by atoms with Gasteiger partial charge < -0.3 is 10.6 Å². The molecule has 0 radical (unpaired) electrons. The van der Waals surface area contributed by atoms with Gasteiger partial charge in [0, 0.05) is 24.1 Å². The van der Waals surface area contributed by atoms with Crippen molar-refractivity contribution in [1.82, 2.24) is 10.6 Å². The lowest BCUT2D eigenvalue weighted by Crippen LogP contribution is -2.59. The molecule has 0 bridgehead atoms. The third kappa shape index (κ3) is 3.49. The number of nitrogens with zero attached hydrogens (tertiary/aromatic N) is 1. The van der Waals surface area contributed by atoms with Gasteiger partial charge in [-0.05, 0) is 55.5 Å². The molecule has 4 rings (SSSR count). The maximum atomic E-state index is 12.6. The van der Waals surface area contributed by atoms with Gasteiger partial charge in [-0.1, -0.05) is 30.3 Å². The number of rotatable bonds is 6. The van der Waals surface area contributed by atoms with E-state index in [0.717, 1.165) is 25.8 Å². The lowest BCUT2D eigenvalue weighted by Gasteiger charge is -2.43. The Labute approximate surface area is 154 Å². The Bertz CT molecular complexity index is 819. The second-order valence-electron chi connectivity index (χ2n) is 7.52. The lowest BCUT2D eigenvalue weighted by atomic mass is 9.76. The van der Waals surface area contributed by atoms with Gasteiger partial charge in [-0.2, -0.15) is 5.26 Å². The van der Waals surface area contributed by atoms with Crippen molar-refractivity contribution in [2.45, 2.75) is 43.2 Å². The Morgan fingerprint density at radius 2 is 1.85 bits per heavy atom. The zero-order valence-corrected chi connectivity index (χ0v) is 14.7. The van der Waals surface area contributed by atoms with Crippen molar-refractivity contribution >= 4 is 5.91 Å². The van der Waals surface area contributed by atoms with Crippen LogP contribution in [0.4, 0.5) is 0 Å². The molecule has 0 saturated heterocycles. The average Bonchev–Trinajstić information content (AvgIpc) is 3.44. The summed E-state index contributed by atoms with van der Waals surface area (Å²) in [6.07, 6.45) is 4.36. The molecule has 0 spiro atoms. The molecule has 2 atom stereocenters. The number of carbonyl (C=O) groups is 1. The van der Waals surface area contributed by atoms with Gasteiger partial charge in [-0.15, -0.1) is 0 Å². The molecule has 132 valence electrons. The van der Waals surface area contributed by atoms with Crippen LogP contribution in [0.25, 0.3) is 0 Å². The molecule has 4 heteroatoms. The van der Waals surface area contributed by atoms with E-state index < -0.39 is 0 Å². The van der Waals surface area contributed by atoms with Crippen LogP contribution < -0.4 is 10.6 Å². The Morgan fingerprint density at radius 1 is 1.12 bits per heavy atom. The van der Waals surface area contributed by atoms with Crippen molar-refractivity contribution in [3.8, 4) is 6.07 Å². The number of nitriles is 1. The minimum absolute atomic E-state index is 0.0496. The highest BCUT2D eigenvalue weighted by Crippen LogP contribution is 2.41. The second kappa shape index (κ2) is 6.93. The number of nitrogens with one attached hydrogen (secondary N) is 2. The van der Waals surface area contributed by atoms with Gasteiger partial charge in [0.1, 0.15) is 0 Å². The molecular formula is C22H23N3O. The normalized spacial score (nSPS) is 22.7. The van der Waals surface area contributed by atoms with E-state index in [1.165, 1.54) is 12.0 Å². The number of carbonyl (C=O) groups excluding carboxylic acids is 1. The first-order chi connectivity index (χ1) is 12.7. The van der Waals surface area contributed by atoms with E-state index >= 15 is 0 Å². The molecule has 2 fully saturated rings. The zero-order valence-electron chi connectivity index (χ0n) is 14.7. The van der Waals surface area contributed by atoms with E-state index in [9.17, 15) is 4.79 Å². The van der Waals surface area contributed by atoms with E-state index in [-0.39, 0.29) is 11.4 Å². The molecule has 2 aromatic rings. The summed E-state index contributed by atoms with van der Waals surface area (Å²) in [4.78, 5) is 12.6. The summed E-state index contributed by atoms with van der Waals surface area (Å²) < 4.78 is 0. The topological polar surface area (TPSA) is 64.9 Å². The van der Waals surface area contributed by atoms with Gasteiger partial charge in [0.05, 0.1) is 17.2 Å². The molecular weight excluding hydrogens is 322 g/mol. The van der Waals surface area contributed by atoms with Crippen LogP contribution in [0.1, 0.15) is 53.1 Å². The molecule has 0 unspecified atom stereocenters. The first kappa shape index (κ1) is 16.8. The van der Waals surface area contributed by atoms with Gasteiger partial charge in [0.25, 0.3) is 5.91 Å². The zero-order chi connectivity index (χ0) is 18.0. The van der Waals surface area contributed by atoms with Crippen molar-refractivity contribution in [3.05, 3.63) is 71.3 Å². The monoisotopic (exact) mass is 345 g/mol. The van der Waals surface area contributed by atoms with Crippen molar-refractivity contribution in [2.75, 3.05) is 6.54 Å². The molecule has 2 N–H and O–H groups in total. The molecule has 0 heterocycles. The maximum absolute atomic E-state index is 12.6. The van der Waals surface area contributed by atoms with Gasteiger partial charge >= 0.3 is 0 Å². The van der Waals surface area contributed by atoms with Gasteiger partial charge in [-0.25, -0.2) is 0 Å². The minimum atomic E-state index is -0.130. The molecule has 0 aliphatic heterocycles. The third-order valence-corrected chi connectivity index (χ3v) is 5.69. The summed E-state index contributed by atoms with van der Waals surface area (Å²) in [6, 6.07) is 20.0. The Hall–Kier alpha value is -2.64. The quantitative estimate of drug-likeness (QED) is 0.844. The molecule has 2 aliphatic rings. The van der Waals surface area contributed by atoms with Crippen LogP contribution in [0.2, 0.25) is 0 Å². The molecule has 26 heavy (non-hydrogen) atoms. The molecule has 4 nitrogen and oxygen atoms in total. The van der Waals surface area contributed by atoms with Crippen LogP contribution in [-0.4, -0.2) is 24.0 Å². The molecule has 1 amide bonds. The predicted molar refractivity (Wildman–Crippen MR) is 101 cm³/mol. The lowest BCUT2D eigenvalue weighted by molar-refractivity contribution is 0.0824. The summed E-state index contributed by atoms with van der Waals surface area (Å²) in [5.41, 5.74) is 2.45.